The molecule has 1 aliphatic heterocycles. The maximum atomic E-state index is 3.50. The van der Waals surface area contributed by atoms with E-state index in [-0.39, 0.29) is 0 Å². The summed E-state index contributed by atoms with van der Waals surface area (Å²) < 4.78 is 0. The van der Waals surface area contributed by atoms with E-state index in [0.29, 0.717) is 6.04 Å². The van der Waals surface area contributed by atoms with Gasteiger partial charge in [-0.3, -0.25) is 4.90 Å². The topological polar surface area (TPSA) is 15.3 Å². The molecule has 1 heterocycles. The first kappa shape index (κ1) is 12.4. The first-order chi connectivity index (χ1) is 8.22. The molecular weight excluding hydrogens is 208 g/mol. The molecule has 0 spiro atoms. The number of hydrogen-bond donors (Lipinski definition) is 1. The van der Waals surface area contributed by atoms with E-state index in [1.54, 1.807) is 0 Å². The Bertz CT molecular complexity index is 371. The van der Waals surface area contributed by atoms with Gasteiger partial charge in [0.15, 0.2) is 0 Å². The summed E-state index contributed by atoms with van der Waals surface area (Å²) in [4.78, 5) is 2.52. The molecule has 94 valence electrons. The highest BCUT2D eigenvalue weighted by Gasteiger charge is 2.15. The molecule has 0 aliphatic carbocycles. The maximum absolute atomic E-state index is 3.50. The molecule has 0 unspecified atom stereocenters. The molecule has 2 rings (SSSR count). The van der Waals surface area contributed by atoms with E-state index >= 15 is 0 Å². The third-order valence-corrected chi connectivity index (χ3v) is 3.70. The number of nitrogens with zero attached hydrogens (tertiary/aromatic N) is 1. The average Bonchev–Trinajstić information content (AvgIpc) is 2.35. The van der Waals surface area contributed by atoms with Crippen LogP contribution in [0.4, 0.5) is 5.69 Å². The number of anilines is 1. The van der Waals surface area contributed by atoms with Gasteiger partial charge in [-0.2, -0.15) is 0 Å². The van der Waals surface area contributed by atoms with Gasteiger partial charge in [0.1, 0.15) is 0 Å². The fourth-order valence-corrected chi connectivity index (χ4v) is 2.61. The predicted octanol–water partition coefficient (Wildman–Crippen LogP) is 3.28. The lowest BCUT2D eigenvalue weighted by atomic mass is 9.97. The van der Waals surface area contributed by atoms with Crippen molar-refractivity contribution in [1.29, 1.82) is 0 Å². The van der Waals surface area contributed by atoms with Crippen molar-refractivity contribution in [2.24, 2.45) is 0 Å². The van der Waals surface area contributed by atoms with Gasteiger partial charge in [-0.05, 0) is 50.4 Å². The van der Waals surface area contributed by atoms with Gasteiger partial charge in [0.25, 0.3) is 0 Å². The summed E-state index contributed by atoms with van der Waals surface area (Å²) in [6.45, 7) is 10.1. The van der Waals surface area contributed by atoms with Gasteiger partial charge < -0.3 is 5.32 Å². The van der Waals surface area contributed by atoms with Crippen molar-refractivity contribution in [2.75, 3.05) is 18.4 Å². The first-order valence-corrected chi connectivity index (χ1v) is 6.81. The van der Waals surface area contributed by atoms with Crippen LogP contribution in [0.25, 0.3) is 0 Å². The van der Waals surface area contributed by atoms with Gasteiger partial charge in [-0.25, -0.2) is 0 Å². The lowest BCUT2D eigenvalue weighted by molar-refractivity contribution is 0.224. The van der Waals surface area contributed by atoms with Crippen molar-refractivity contribution in [2.45, 2.75) is 46.2 Å². The highest BCUT2D eigenvalue weighted by atomic mass is 15.1. The standard InChI is InChI=1S/C15H24N2/c1-4-17(12(2)3)11-13-7-5-9-15-14(13)8-6-10-16-15/h5,7,9,12,16H,4,6,8,10-11H2,1-3H3. The van der Waals surface area contributed by atoms with Crippen LogP contribution in [0.5, 0.6) is 0 Å². The Balaban J connectivity index is 2.20. The van der Waals surface area contributed by atoms with Crippen molar-refractivity contribution < 1.29 is 0 Å². The number of fused-ring (bicyclic) bond motifs is 1. The molecule has 17 heavy (non-hydrogen) atoms. The van der Waals surface area contributed by atoms with Crippen LogP contribution in [0.15, 0.2) is 18.2 Å². The predicted molar refractivity (Wildman–Crippen MR) is 74.5 cm³/mol. The third-order valence-electron chi connectivity index (χ3n) is 3.70. The molecule has 0 saturated heterocycles. The van der Waals surface area contributed by atoms with Gasteiger partial charge in [-0.15, -0.1) is 0 Å². The summed E-state index contributed by atoms with van der Waals surface area (Å²) in [5.74, 6) is 0. The summed E-state index contributed by atoms with van der Waals surface area (Å²) in [7, 11) is 0. The van der Waals surface area contributed by atoms with Crippen LogP contribution < -0.4 is 5.32 Å². The lowest BCUT2D eigenvalue weighted by Gasteiger charge is -2.28. The Labute approximate surface area is 105 Å². The summed E-state index contributed by atoms with van der Waals surface area (Å²) in [6, 6.07) is 7.30. The molecule has 1 N–H and O–H groups in total. The second kappa shape index (κ2) is 5.54. The molecule has 2 nitrogen and oxygen atoms in total. The van der Waals surface area contributed by atoms with E-state index in [9.17, 15) is 0 Å². The minimum Gasteiger partial charge on any atom is -0.385 e. The second-order valence-electron chi connectivity index (χ2n) is 5.13. The summed E-state index contributed by atoms with van der Waals surface area (Å²) in [5, 5.41) is 3.50. The Morgan fingerprint density at radius 3 is 2.88 bits per heavy atom. The highest BCUT2D eigenvalue weighted by Crippen LogP contribution is 2.26. The zero-order valence-electron chi connectivity index (χ0n) is 11.3. The van der Waals surface area contributed by atoms with Gasteiger partial charge in [-0.1, -0.05) is 19.1 Å². The fraction of sp³-hybridized carbons (Fsp3) is 0.600. The number of hydrogen-bond acceptors (Lipinski definition) is 2. The Morgan fingerprint density at radius 1 is 1.35 bits per heavy atom. The zero-order valence-corrected chi connectivity index (χ0v) is 11.3. The van der Waals surface area contributed by atoms with Crippen molar-refractivity contribution in [1.82, 2.24) is 4.90 Å². The van der Waals surface area contributed by atoms with E-state index in [4.69, 9.17) is 0 Å². The van der Waals surface area contributed by atoms with Crippen LogP contribution in [0.3, 0.4) is 0 Å². The molecular formula is C15H24N2. The van der Waals surface area contributed by atoms with Crippen LogP contribution in [-0.4, -0.2) is 24.0 Å². The largest absolute Gasteiger partial charge is 0.385 e. The molecule has 1 aromatic carbocycles. The molecule has 0 atom stereocenters. The molecule has 0 aromatic heterocycles. The fourth-order valence-electron chi connectivity index (χ4n) is 2.61. The van der Waals surface area contributed by atoms with Gasteiger partial charge in [0, 0.05) is 24.8 Å². The minimum atomic E-state index is 0.618. The zero-order chi connectivity index (χ0) is 12.3. The molecule has 1 aromatic rings. The van der Waals surface area contributed by atoms with Gasteiger partial charge in [0.2, 0.25) is 0 Å². The van der Waals surface area contributed by atoms with Crippen molar-refractivity contribution >= 4 is 5.69 Å². The summed E-state index contributed by atoms with van der Waals surface area (Å²) in [5.41, 5.74) is 4.40. The van der Waals surface area contributed by atoms with E-state index in [2.05, 4.69) is 49.2 Å². The molecule has 1 aliphatic rings. The Kier molecular flexibility index (Phi) is 4.06. The van der Waals surface area contributed by atoms with E-state index < -0.39 is 0 Å². The van der Waals surface area contributed by atoms with E-state index in [0.717, 1.165) is 19.6 Å². The lowest BCUT2D eigenvalue weighted by Crippen LogP contribution is -2.30. The Morgan fingerprint density at radius 2 is 2.18 bits per heavy atom. The summed E-state index contributed by atoms with van der Waals surface area (Å²) >= 11 is 0. The van der Waals surface area contributed by atoms with Crippen LogP contribution in [0, 0.1) is 0 Å². The molecule has 0 amide bonds. The Hall–Kier alpha value is -1.02. The highest BCUT2D eigenvalue weighted by molar-refractivity contribution is 5.56. The second-order valence-corrected chi connectivity index (χ2v) is 5.13. The number of rotatable bonds is 4. The van der Waals surface area contributed by atoms with E-state index in [1.807, 2.05) is 0 Å². The van der Waals surface area contributed by atoms with E-state index in [1.165, 1.54) is 29.7 Å². The summed E-state index contributed by atoms with van der Waals surface area (Å²) in [6.07, 6.45) is 2.49. The molecule has 0 saturated carbocycles. The molecule has 2 heteroatoms. The normalized spacial score (nSPS) is 14.9. The quantitative estimate of drug-likeness (QED) is 0.857. The van der Waals surface area contributed by atoms with Crippen molar-refractivity contribution in [3.63, 3.8) is 0 Å². The van der Waals surface area contributed by atoms with Gasteiger partial charge >= 0.3 is 0 Å². The molecule has 0 bridgehead atoms. The first-order valence-electron chi connectivity index (χ1n) is 6.81. The SMILES string of the molecule is CCN(Cc1cccc2c1CCCN2)C(C)C. The van der Waals surface area contributed by atoms with Crippen molar-refractivity contribution in [3.8, 4) is 0 Å². The van der Waals surface area contributed by atoms with Crippen LogP contribution in [0.2, 0.25) is 0 Å². The smallest absolute Gasteiger partial charge is 0.0375 e. The van der Waals surface area contributed by atoms with Crippen LogP contribution in [-0.2, 0) is 13.0 Å². The van der Waals surface area contributed by atoms with Crippen molar-refractivity contribution in [3.05, 3.63) is 29.3 Å². The van der Waals surface area contributed by atoms with Crippen LogP contribution in [0.1, 0.15) is 38.3 Å². The van der Waals surface area contributed by atoms with Crippen LogP contribution >= 0.6 is 0 Å². The minimum absolute atomic E-state index is 0.618. The molecule has 0 radical (unpaired) electrons. The van der Waals surface area contributed by atoms with Gasteiger partial charge in [0.05, 0.1) is 0 Å². The average molecular weight is 232 g/mol. The molecule has 0 fully saturated rings. The maximum Gasteiger partial charge on any atom is 0.0375 e. The third kappa shape index (κ3) is 2.81. The number of nitrogens with one attached hydrogen (secondary N) is 1. The monoisotopic (exact) mass is 232 g/mol. The number of benzene rings is 1.